The number of hydrogen-bond acceptors (Lipinski definition) is 2. The van der Waals surface area contributed by atoms with Crippen molar-refractivity contribution in [1.82, 2.24) is 10.2 Å². The lowest BCUT2D eigenvalue weighted by Crippen LogP contribution is -2.39. The molecule has 106 valence electrons. The van der Waals surface area contributed by atoms with Crippen LogP contribution in [-0.2, 0) is 11.3 Å². The Hall–Kier alpha value is -1.07. The number of methoxy groups -OCH3 is 1. The first-order valence-corrected chi connectivity index (χ1v) is 7.12. The minimum Gasteiger partial charge on any atom is -0.385 e. The van der Waals surface area contributed by atoms with Crippen LogP contribution in [0.2, 0.25) is 0 Å². The summed E-state index contributed by atoms with van der Waals surface area (Å²) in [5, 5.41) is 3.32. The predicted octanol–water partition coefficient (Wildman–Crippen LogP) is 2.49. The molecule has 0 spiro atoms. The zero-order valence-corrected chi connectivity index (χ0v) is 13.4. The topological polar surface area (TPSA) is 36.9 Å². The van der Waals surface area contributed by atoms with Crippen molar-refractivity contribution >= 4 is 21.9 Å². The van der Waals surface area contributed by atoms with Gasteiger partial charge < -0.3 is 15.0 Å². The van der Waals surface area contributed by atoms with Crippen molar-refractivity contribution in [2.75, 3.05) is 34.4 Å². The van der Waals surface area contributed by atoms with Crippen LogP contribution in [0.1, 0.15) is 12.0 Å². The van der Waals surface area contributed by atoms with Crippen LogP contribution < -0.4 is 5.32 Å². The van der Waals surface area contributed by atoms with E-state index in [1.165, 1.54) is 5.56 Å². The third kappa shape index (κ3) is 6.07. The minimum absolute atomic E-state index is 0.764. The third-order valence-corrected chi connectivity index (χ3v) is 3.24. The molecule has 0 aliphatic carbocycles. The van der Waals surface area contributed by atoms with Crippen LogP contribution in [0.3, 0.4) is 0 Å². The molecule has 0 radical (unpaired) electrons. The maximum Gasteiger partial charge on any atom is 0.193 e. The number of nitrogens with zero attached hydrogens (tertiary/aromatic N) is 2. The zero-order chi connectivity index (χ0) is 14.1. The number of hydrogen-bond donors (Lipinski definition) is 1. The van der Waals surface area contributed by atoms with Gasteiger partial charge in [0.25, 0.3) is 0 Å². The Bertz CT molecular complexity index is 392. The number of ether oxygens (including phenoxy) is 1. The number of benzene rings is 1. The van der Waals surface area contributed by atoms with Crippen LogP contribution in [0.15, 0.2) is 33.7 Å². The fraction of sp³-hybridized carbons (Fsp3) is 0.500. The van der Waals surface area contributed by atoms with Crippen molar-refractivity contribution < 1.29 is 4.74 Å². The average Bonchev–Trinajstić information content (AvgIpc) is 2.41. The van der Waals surface area contributed by atoms with Crippen LogP contribution in [0.5, 0.6) is 0 Å². The van der Waals surface area contributed by atoms with Crippen LogP contribution in [0.4, 0.5) is 0 Å². The lowest BCUT2D eigenvalue weighted by Gasteiger charge is -2.22. The first-order valence-electron chi connectivity index (χ1n) is 6.32. The van der Waals surface area contributed by atoms with Crippen LogP contribution >= 0.6 is 15.9 Å². The molecule has 0 unspecified atom stereocenters. The second-order valence-corrected chi connectivity index (χ2v) is 5.22. The number of aliphatic imine (C=N–C) groups is 1. The normalized spacial score (nSPS) is 11.5. The first kappa shape index (κ1) is 16.0. The van der Waals surface area contributed by atoms with Crippen LogP contribution in [0.25, 0.3) is 0 Å². The number of halogens is 1. The van der Waals surface area contributed by atoms with E-state index in [4.69, 9.17) is 4.74 Å². The van der Waals surface area contributed by atoms with E-state index in [-0.39, 0.29) is 0 Å². The Morgan fingerprint density at radius 1 is 1.37 bits per heavy atom. The second kappa shape index (κ2) is 8.93. The van der Waals surface area contributed by atoms with Gasteiger partial charge in [-0.2, -0.15) is 0 Å². The first-order chi connectivity index (χ1) is 9.17. The fourth-order valence-electron chi connectivity index (χ4n) is 1.74. The largest absolute Gasteiger partial charge is 0.385 e. The van der Waals surface area contributed by atoms with Gasteiger partial charge in [0.15, 0.2) is 5.96 Å². The highest BCUT2D eigenvalue weighted by Gasteiger charge is 2.05. The maximum absolute atomic E-state index is 5.03. The monoisotopic (exact) mass is 327 g/mol. The molecule has 1 rings (SSSR count). The molecule has 0 fully saturated rings. The summed E-state index contributed by atoms with van der Waals surface area (Å²) in [5.74, 6) is 0.902. The highest BCUT2D eigenvalue weighted by atomic mass is 79.9. The van der Waals surface area contributed by atoms with Gasteiger partial charge in [-0.15, -0.1) is 0 Å². The van der Waals surface area contributed by atoms with Gasteiger partial charge in [-0.05, 0) is 24.1 Å². The van der Waals surface area contributed by atoms with Gasteiger partial charge >= 0.3 is 0 Å². The maximum atomic E-state index is 5.03. The van der Waals surface area contributed by atoms with E-state index in [1.54, 1.807) is 14.2 Å². The predicted molar refractivity (Wildman–Crippen MR) is 83.5 cm³/mol. The molecule has 1 N–H and O–H groups in total. The third-order valence-electron chi connectivity index (χ3n) is 2.71. The summed E-state index contributed by atoms with van der Waals surface area (Å²) in [4.78, 5) is 6.39. The van der Waals surface area contributed by atoms with Crippen molar-refractivity contribution in [1.29, 1.82) is 0 Å². The van der Waals surface area contributed by atoms with Crippen LogP contribution in [0, 0.1) is 0 Å². The summed E-state index contributed by atoms with van der Waals surface area (Å²) < 4.78 is 6.12. The molecular formula is C14H22BrN3O. The molecule has 0 heterocycles. The van der Waals surface area contributed by atoms with Gasteiger partial charge in [0.05, 0.1) is 0 Å². The smallest absolute Gasteiger partial charge is 0.193 e. The molecule has 0 aliphatic heterocycles. The van der Waals surface area contributed by atoms with E-state index >= 15 is 0 Å². The van der Waals surface area contributed by atoms with Crippen molar-refractivity contribution in [2.45, 2.75) is 13.0 Å². The van der Waals surface area contributed by atoms with Gasteiger partial charge in [-0.3, -0.25) is 4.99 Å². The highest BCUT2D eigenvalue weighted by molar-refractivity contribution is 9.10. The molecular weight excluding hydrogens is 306 g/mol. The molecule has 0 aromatic heterocycles. The lowest BCUT2D eigenvalue weighted by atomic mass is 10.2. The summed E-state index contributed by atoms with van der Waals surface area (Å²) in [6.07, 6.45) is 0.974. The Morgan fingerprint density at radius 3 is 2.63 bits per heavy atom. The summed E-state index contributed by atoms with van der Waals surface area (Å²) >= 11 is 3.44. The van der Waals surface area contributed by atoms with Crippen molar-refractivity contribution in [3.63, 3.8) is 0 Å². The van der Waals surface area contributed by atoms with E-state index in [0.29, 0.717) is 0 Å². The molecule has 1 aromatic carbocycles. The second-order valence-electron chi connectivity index (χ2n) is 4.30. The summed E-state index contributed by atoms with van der Waals surface area (Å²) in [6, 6.07) is 8.33. The van der Waals surface area contributed by atoms with E-state index in [2.05, 4.69) is 55.4 Å². The SMILES string of the molecule is CN=C(NCCCOC)N(C)Cc1ccc(Br)cc1. The Kier molecular flexibility index (Phi) is 7.52. The highest BCUT2D eigenvalue weighted by Crippen LogP contribution is 2.11. The minimum atomic E-state index is 0.764. The van der Waals surface area contributed by atoms with Gasteiger partial charge in [0.2, 0.25) is 0 Å². The molecule has 4 nitrogen and oxygen atoms in total. The zero-order valence-electron chi connectivity index (χ0n) is 11.8. The molecule has 5 heteroatoms. The van der Waals surface area contributed by atoms with Crippen LogP contribution in [-0.4, -0.2) is 45.2 Å². The summed E-state index contributed by atoms with van der Waals surface area (Å²) in [5.41, 5.74) is 1.26. The molecule has 0 atom stereocenters. The Morgan fingerprint density at radius 2 is 2.05 bits per heavy atom. The molecule has 1 aromatic rings. The van der Waals surface area contributed by atoms with E-state index in [0.717, 1.165) is 36.5 Å². The number of guanidine groups is 1. The Balaban J connectivity index is 2.45. The van der Waals surface area contributed by atoms with Crippen molar-refractivity contribution in [3.05, 3.63) is 34.3 Å². The van der Waals surface area contributed by atoms with Gasteiger partial charge in [-0.25, -0.2) is 0 Å². The van der Waals surface area contributed by atoms with E-state index < -0.39 is 0 Å². The molecule has 0 amide bonds. The van der Waals surface area contributed by atoms with Crippen molar-refractivity contribution in [2.24, 2.45) is 4.99 Å². The quantitative estimate of drug-likeness (QED) is 0.495. The molecule has 0 aliphatic rings. The summed E-state index contributed by atoms with van der Waals surface area (Å²) in [6.45, 7) is 2.46. The number of rotatable bonds is 6. The Labute approximate surface area is 124 Å². The van der Waals surface area contributed by atoms with E-state index in [9.17, 15) is 0 Å². The van der Waals surface area contributed by atoms with E-state index in [1.807, 2.05) is 7.05 Å². The standard InChI is InChI=1S/C14H22BrN3O/c1-16-14(17-9-4-10-19-3)18(2)11-12-5-7-13(15)8-6-12/h5-8H,4,9-11H2,1-3H3,(H,16,17). The number of nitrogens with one attached hydrogen (secondary N) is 1. The molecule has 0 saturated carbocycles. The summed E-state index contributed by atoms with van der Waals surface area (Å²) in [7, 11) is 5.55. The molecule has 19 heavy (non-hydrogen) atoms. The van der Waals surface area contributed by atoms with Gasteiger partial charge in [0, 0.05) is 45.4 Å². The van der Waals surface area contributed by atoms with Gasteiger partial charge in [-0.1, -0.05) is 28.1 Å². The average molecular weight is 328 g/mol. The van der Waals surface area contributed by atoms with Gasteiger partial charge in [0.1, 0.15) is 0 Å². The molecule has 0 saturated heterocycles. The lowest BCUT2D eigenvalue weighted by molar-refractivity contribution is 0.195. The molecule has 0 bridgehead atoms. The fourth-order valence-corrected chi connectivity index (χ4v) is 2.00. The van der Waals surface area contributed by atoms with Crippen molar-refractivity contribution in [3.8, 4) is 0 Å².